The van der Waals surface area contributed by atoms with Gasteiger partial charge in [0.1, 0.15) is 11.5 Å². The second-order valence-corrected chi connectivity index (χ2v) is 7.19. The second kappa shape index (κ2) is 9.19. The van der Waals surface area contributed by atoms with E-state index in [1.54, 1.807) is 43.8 Å². The van der Waals surface area contributed by atoms with Crippen LogP contribution in [-0.2, 0) is 12.8 Å². The average Bonchev–Trinajstić information content (AvgIpc) is 3.15. The molecule has 6 heteroatoms. The lowest BCUT2D eigenvalue weighted by molar-refractivity contribution is 0.0953. The topological polar surface area (TPSA) is 60.5 Å². The minimum atomic E-state index is -0.159. The van der Waals surface area contributed by atoms with Crippen LogP contribution >= 0.6 is 11.3 Å². The van der Waals surface area contributed by atoms with Crippen molar-refractivity contribution in [2.45, 2.75) is 12.8 Å². The lowest BCUT2D eigenvalue weighted by atomic mass is 10.1. The molecule has 0 aliphatic rings. The quantitative estimate of drug-likeness (QED) is 0.645. The number of carbonyl (C=O) groups excluding carboxylic acids is 1. The Bertz CT molecular complexity index is 871. The van der Waals surface area contributed by atoms with E-state index >= 15 is 0 Å². The normalized spacial score (nSPS) is 10.4. The molecule has 27 heavy (non-hydrogen) atoms. The summed E-state index contributed by atoms with van der Waals surface area (Å²) >= 11 is 1.68. The molecule has 1 amide bonds. The van der Waals surface area contributed by atoms with Crippen molar-refractivity contribution in [3.05, 3.63) is 75.7 Å². The predicted molar refractivity (Wildman–Crippen MR) is 107 cm³/mol. The fraction of sp³-hybridized carbons (Fsp3) is 0.238. The van der Waals surface area contributed by atoms with Crippen molar-refractivity contribution in [3.63, 3.8) is 0 Å². The van der Waals surface area contributed by atoms with Crippen molar-refractivity contribution < 1.29 is 14.3 Å². The minimum Gasteiger partial charge on any atom is -0.497 e. The van der Waals surface area contributed by atoms with Gasteiger partial charge in [-0.05, 0) is 17.7 Å². The van der Waals surface area contributed by atoms with Crippen molar-refractivity contribution in [2.24, 2.45) is 0 Å². The first-order chi connectivity index (χ1) is 13.2. The van der Waals surface area contributed by atoms with Crippen LogP contribution < -0.4 is 14.8 Å². The number of carbonyl (C=O) groups is 1. The molecule has 0 unspecified atom stereocenters. The van der Waals surface area contributed by atoms with Crippen LogP contribution in [0, 0.1) is 0 Å². The van der Waals surface area contributed by atoms with E-state index in [1.165, 1.54) is 10.4 Å². The minimum absolute atomic E-state index is 0.159. The molecule has 0 fully saturated rings. The number of hydrogen-bond acceptors (Lipinski definition) is 5. The van der Waals surface area contributed by atoms with Gasteiger partial charge < -0.3 is 14.8 Å². The maximum atomic E-state index is 12.4. The van der Waals surface area contributed by atoms with Crippen LogP contribution in [0.5, 0.6) is 11.5 Å². The van der Waals surface area contributed by atoms with E-state index in [0.29, 0.717) is 30.0 Å². The van der Waals surface area contributed by atoms with Gasteiger partial charge in [0.25, 0.3) is 5.91 Å². The van der Waals surface area contributed by atoms with Crippen LogP contribution in [0.15, 0.2) is 54.7 Å². The van der Waals surface area contributed by atoms with E-state index in [0.717, 1.165) is 11.4 Å². The van der Waals surface area contributed by atoms with E-state index in [2.05, 4.69) is 22.4 Å². The summed E-state index contributed by atoms with van der Waals surface area (Å²) < 4.78 is 10.4. The number of rotatable bonds is 8. The van der Waals surface area contributed by atoms with E-state index in [4.69, 9.17) is 9.47 Å². The first-order valence-electron chi connectivity index (χ1n) is 8.66. The Morgan fingerprint density at radius 2 is 1.78 bits per heavy atom. The number of hydrogen-bond donors (Lipinski definition) is 1. The molecule has 0 saturated carbocycles. The van der Waals surface area contributed by atoms with E-state index in [9.17, 15) is 4.79 Å². The van der Waals surface area contributed by atoms with Gasteiger partial charge in [0.2, 0.25) is 0 Å². The molecule has 0 bridgehead atoms. The average molecular weight is 382 g/mol. The number of nitrogens with zero attached hydrogens (tertiary/aromatic N) is 1. The van der Waals surface area contributed by atoms with Gasteiger partial charge in [-0.3, -0.25) is 4.79 Å². The van der Waals surface area contributed by atoms with E-state index in [-0.39, 0.29) is 5.91 Å². The molecular formula is C21H22N2O3S. The summed E-state index contributed by atoms with van der Waals surface area (Å²) in [4.78, 5) is 18.1. The second-order valence-electron chi connectivity index (χ2n) is 5.99. The number of aromatic nitrogens is 1. The molecule has 1 heterocycles. The first-order valence-corrected chi connectivity index (χ1v) is 9.48. The van der Waals surface area contributed by atoms with E-state index < -0.39 is 0 Å². The number of nitrogens with one attached hydrogen (secondary N) is 1. The lowest BCUT2D eigenvalue weighted by Gasteiger charge is -2.08. The van der Waals surface area contributed by atoms with Gasteiger partial charge in [0.15, 0.2) is 0 Å². The Balaban J connectivity index is 1.53. The molecule has 5 nitrogen and oxygen atoms in total. The Morgan fingerprint density at radius 1 is 1.07 bits per heavy atom. The van der Waals surface area contributed by atoms with Crippen LogP contribution in [0.4, 0.5) is 0 Å². The molecule has 140 valence electrons. The zero-order valence-electron chi connectivity index (χ0n) is 15.4. The van der Waals surface area contributed by atoms with Gasteiger partial charge in [-0.25, -0.2) is 4.98 Å². The summed E-state index contributed by atoms with van der Waals surface area (Å²) in [6, 6.07) is 15.5. The first kappa shape index (κ1) is 18.9. The molecule has 2 aromatic carbocycles. The van der Waals surface area contributed by atoms with Crippen molar-refractivity contribution in [2.75, 3.05) is 20.8 Å². The van der Waals surface area contributed by atoms with E-state index in [1.807, 2.05) is 24.4 Å². The van der Waals surface area contributed by atoms with Crippen LogP contribution in [0.3, 0.4) is 0 Å². The number of methoxy groups -OCH3 is 2. The summed E-state index contributed by atoms with van der Waals surface area (Å²) in [7, 11) is 3.12. The maximum absolute atomic E-state index is 12.4. The summed E-state index contributed by atoms with van der Waals surface area (Å²) in [5.41, 5.74) is 1.78. The van der Waals surface area contributed by atoms with Crippen molar-refractivity contribution in [1.82, 2.24) is 10.3 Å². The van der Waals surface area contributed by atoms with Crippen molar-refractivity contribution in [3.8, 4) is 11.5 Å². The number of amides is 1. The molecule has 0 aliphatic heterocycles. The Morgan fingerprint density at radius 3 is 2.44 bits per heavy atom. The monoisotopic (exact) mass is 382 g/mol. The van der Waals surface area contributed by atoms with Crippen LogP contribution in [0.1, 0.15) is 25.8 Å². The largest absolute Gasteiger partial charge is 0.497 e. The van der Waals surface area contributed by atoms with Gasteiger partial charge in [-0.1, -0.05) is 30.3 Å². The molecule has 1 aromatic heterocycles. The highest BCUT2D eigenvalue weighted by Crippen LogP contribution is 2.22. The third kappa shape index (κ3) is 5.31. The summed E-state index contributed by atoms with van der Waals surface area (Å²) in [5, 5.41) is 3.94. The van der Waals surface area contributed by atoms with Gasteiger partial charge in [-0.15, -0.1) is 11.3 Å². The number of benzene rings is 2. The molecule has 3 aromatic rings. The zero-order chi connectivity index (χ0) is 19.1. The molecule has 0 atom stereocenters. The van der Waals surface area contributed by atoms with Crippen LogP contribution in [0.25, 0.3) is 0 Å². The summed E-state index contributed by atoms with van der Waals surface area (Å²) in [6.07, 6.45) is 3.50. The third-order valence-electron chi connectivity index (χ3n) is 4.06. The smallest absolute Gasteiger partial charge is 0.251 e. The van der Waals surface area contributed by atoms with Crippen LogP contribution in [0.2, 0.25) is 0 Å². The maximum Gasteiger partial charge on any atom is 0.251 e. The van der Waals surface area contributed by atoms with Gasteiger partial charge in [-0.2, -0.15) is 0 Å². The highest BCUT2D eigenvalue weighted by atomic mass is 32.1. The zero-order valence-corrected chi connectivity index (χ0v) is 16.2. The predicted octanol–water partition coefficient (Wildman–Crippen LogP) is 3.72. The van der Waals surface area contributed by atoms with Crippen molar-refractivity contribution >= 4 is 17.2 Å². The van der Waals surface area contributed by atoms with Crippen LogP contribution in [-0.4, -0.2) is 31.7 Å². The number of thiazole rings is 1. The molecule has 0 spiro atoms. The van der Waals surface area contributed by atoms with Crippen molar-refractivity contribution in [1.29, 1.82) is 0 Å². The number of ether oxygens (including phenoxy) is 2. The highest BCUT2D eigenvalue weighted by Gasteiger charge is 2.10. The summed E-state index contributed by atoms with van der Waals surface area (Å²) in [5.74, 6) is 1.02. The third-order valence-corrected chi connectivity index (χ3v) is 5.12. The SMILES string of the molecule is COc1cc(OC)cc(C(=O)NCCc2ncc(Cc3ccccc3)s2)c1. The molecule has 1 N–H and O–H groups in total. The summed E-state index contributed by atoms with van der Waals surface area (Å²) in [6.45, 7) is 0.524. The molecular weight excluding hydrogens is 360 g/mol. The Kier molecular flexibility index (Phi) is 6.44. The standard InChI is InChI=1S/C21H22N2O3S/c1-25-17-11-16(12-18(13-17)26-2)21(24)22-9-8-20-23-14-19(27-20)10-15-6-4-3-5-7-15/h3-7,11-14H,8-10H2,1-2H3,(H,22,24). The molecule has 0 radical (unpaired) electrons. The molecule has 3 rings (SSSR count). The van der Waals surface area contributed by atoms with Gasteiger partial charge >= 0.3 is 0 Å². The molecule has 0 aliphatic carbocycles. The fourth-order valence-corrected chi connectivity index (χ4v) is 3.62. The Hall–Kier alpha value is -2.86. The highest BCUT2D eigenvalue weighted by molar-refractivity contribution is 7.11. The molecule has 0 saturated heterocycles. The Labute approximate surface area is 163 Å². The lowest BCUT2D eigenvalue weighted by Crippen LogP contribution is -2.25. The van der Waals surface area contributed by atoms with Gasteiger partial charge in [0.05, 0.1) is 19.2 Å². The fourth-order valence-electron chi connectivity index (χ4n) is 2.67. The van der Waals surface area contributed by atoms with Gasteiger partial charge in [0, 0.05) is 42.1 Å².